The predicted octanol–water partition coefficient (Wildman–Crippen LogP) is 2.31. The molecule has 1 unspecified atom stereocenters. The Bertz CT molecular complexity index is 709. The summed E-state index contributed by atoms with van der Waals surface area (Å²) in [5, 5.41) is 5.95. The maximum atomic E-state index is 13.3. The standard InChI is InChI=1S/C16H20F2N4O2.2ClH/c17-16(18)22-13-4-2-1-3-12(13)21-14(22)5-6-20-15(23)9-11-10-24-8-7-19-11;;/h1-4,11,16,19H,5-10H2,(H,20,23);2*1H. The van der Waals surface area contributed by atoms with Gasteiger partial charge in [0.25, 0.3) is 0 Å². The van der Waals surface area contributed by atoms with Crippen molar-refractivity contribution in [1.29, 1.82) is 0 Å². The fourth-order valence-corrected chi connectivity index (χ4v) is 2.85. The largest absolute Gasteiger partial charge is 0.378 e. The summed E-state index contributed by atoms with van der Waals surface area (Å²) in [7, 11) is 0. The van der Waals surface area contributed by atoms with E-state index in [0.717, 1.165) is 11.1 Å². The molecule has 0 bridgehead atoms. The molecule has 6 nitrogen and oxygen atoms in total. The zero-order chi connectivity index (χ0) is 16.9. The molecule has 1 saturated heterocycles. The van der Waals surface area contributed by atoms with Crippen molar-refractivity contribution in [3.63, 3.8) is 0 Å². The Kier molecular flexibility index (Phi) is 9.21. The van der Waals surface area contributed by atoms with Crippen molar-refractivity contribution in [3.05, 3.63) is 30.1 Å². The normalized spacial score (nSPS) is 16.8. The average Bonchev–Trinajstić information content (AvgIpc) is 2.94. The number of nitrogens with zero attached hydrogens (tertiary/aromatic N) is 2. The van der Waals surface area contributed by atoms with Crippen LogP contribution in [0.4, 0.5) is 8.78 Å². The van der Waals surface area contributed by atoms with Crippen LogP contribution in [0.3, 0.4) is 0 Å². The second-order valence-electron chi connectivity index (χ2n) is 5.69. The third kappa shape index (κ3) is 5.51. The number of fused-ring (bicyclic) bond motifs is 1. The van der Waals surface area contributed by atoms with Crippen molar-refractivity contribution in [1.82, 2.24) is 20.2 Å². The Morgan fingerprint density at radius 1 is 1.38 bits per heavy atom. The van der Waals surface area contributed by atoms with Gasteiger partial charge in [-0.05, 0) is 12.1 Å². The average molecular weight is 411 g/mol. The molecule has 0 aliphatic carbocycles. The number of carbonyl (C=O) groups is 1. The highest BCUT2D eigenvalue weighted by Crippen LogP contribution is 2.23. The van der Waals surface area contributed by atoms with Crippen molar-refractivity contribution in [2.24, 2.45) is 0 Å². The Morgan fingerprint density at radius 2 is 2.15 bits per heavy atom. The molecule has 0 radical (unpaired) electrons. The number of alkyl halides is 2. The van der Waals surface area contributed by atoms with E-state index in [9.17, 15) is 13.6 Å². The number of rotatable bonds is 6. The van der Waals surface area contributed by atoms with Crippen LogP contribution < -0.4 is 10.6 Å². The molecule has 2 N–H and O–H groups in total. The van der Waals surface area contributed by atoms with E-state index >= 15 is 0 Å². The fourth-order valence-electron chi connectivity index (χ4n) is 2.85. The molecule has 1 aliphatic rings. The van der Waals surface area contributed by atoms with Crippen molar-refractivity contribution in [2.45, 2.75) is 25.4 Å². The first-order chi connectivity index (χ1) is 11.6. The molecule has 146 valence electrons. The lowest BCUT2D eigenvalue weighted by Gasteiger charge is -2.23. The zero-order valence-electron chi connectivity index (χ0n) is 14.0. The second kappa shape index (κ2) is 10.6. The van der Waals surface area contributed by atoms with Crippen LogP contribution in [0.1, 0.15) is 18.8 Å². The van der Waals surface area contributed by atoms with E-state index < -0.39 is 6.55 Å². The lowest BCUT2D eigenvalue weighted by atomic mass is 10.2. The number of morpholine rings is 1. The van der Waals surface area contributed by atoms with Crippen LogP contribution in [0.5, 0.6) is 0 Å². The Labute approximate surface area is 162 Å². The summed E-state index contributed by atoms with van der Waals surface area (Å²) in [6.45, 7) is -0.498. The van der Waals surface area contributed by atoms with Gasteiger partial charge >= 0.3 is 6.55 Å². The monoisotopic (exact) mass is 410 g/mol. The highest BCUT2D eigenvalue weighted by Gasteiger charge is 2.19. The van der Waals surface area contributed by atoms with Gasteiger partial charge in [0, 0.05) is 32.0 Å². The van der Waals surface area contributed by atoms with E-state index in [2.05, 4.69) is 15.6 Å². The molecule has 10 heteroatoms. The maximum Gasteiger partial charge on any atom is 0.320 e. The van der Waals surface area contributed by atoms with Gasteiger partial charge in [-0.2, -0.15) is 8.78 Å². The van der Waals surface area contributed by atoms with Gasteiger partial charge in [-0.15, -0.1) is 24.8 Å². The summed E-state index contributed by atoms with van der Waals surface area (Å²) < 4.78 is 32.8. The summed E-state index contributed by atoms with van der Waals surface area (Å²) in [5.74, 6) is 0.142. The van der Waals surface area contributed by atoms with Gasteiger partial charge in [0.05, 0.1) is 24.2 Å². The molecule has 1 aromatic heterocycles. The third-order valence-electron chi connectivity index (χ3n) is 3.97. The minimum atomic E-state index is -2.66. The van der Waals surface area contributed by atoms with E-state index in [-0.39, 0.29) is 55.6 Å². The smallest absolute Gasteiger partial charge is 0.320 e. The summed E-state index contributed by atoms with van der Waals surface area (Å²) in [6, 6.07) is 6.78. The molecule has 1 fully saturated rings. The zero-order valence-corrected chi connectivity index (χ0v) is 15.6. The van der Waals surface area contributed by atoms with Crippen LogP contribution in [0.25, 0.3) is 11.0 Å². The van der Waals surface area contributed by atoms with Gasteiger partial charge in [0.2, 0.25) is 5.91 Å². The van der Waals surface area contributed by atoms with Gasteiger partial charge in [-0.1, -0.05) is 12.1 Å². The third-order valence-corrected chi connectivity index (χ3v) is 3.97. The topological polar surface area (TPSA) is 68.2 Å². The van der Waals surface area contributed by atoms with Crippen molar-refractivity contribution < 1.29 is 18.3 Å². The lowest BCUT2D eigenvalue weighted by Crippen LogP contribution is -2.44. The first-order valence-corrected chi connectivity index (χ1v) is 7.97. The number of imidazole rings is 1. The quantitative estimate of drug-likeness (QED) is 0.766. The highest BCUT2D eigenvalue weighted by atomic mass is 35.5. The Balaban J connectivity index is 0.00000169. The van der Waals surface area contributed by atoms with Crippen molar-refractivity contribution in [2.75, 3.05) is 26.3 Å². The molecule has 1 aromatic carbocycles. The number of para-hydroxylation sites is 2. The fraction of sp³-hybridized carbons (Fsp3) is 0.500. The molecule has 1 amide bonds. The molecule has 1 aliphatic heterocycles. The number of carbonyl (C=O) groups excluding carboxylic acids is 1. The van der Waals surface area contributed by atoms with Crippen LogP contribution in [0, 0.1) is 0 Å². The van der Waals surface area contributed by atoms with Crippen LogP contribution >= 0.6 is 24.8 Å². The van der Waals surface area contributed by atoms with Crippen molar-refractivity contribution in [3.8, 4) is 0 Å². The number of hydrogen-bond donors (Lipinski definition) is 2. The molecule has 2 aromatic rings. The number of halogens is 4. The number of benzene rings is 1. The summed E-state index contributed by atoms with van der Waals surface area (Å²) in [6.07, 6.45) is 0.560. The molecule has 2 heterocycles. The molecule has 0 spiro atoms. The second-order valence-corrected chi connectivity index (χ2v) is 5.69. The SMILES string of the molecule is Cl.Cl.O=C(CC1COCCN1)NCCc1nc2ccccc2n1C(F)F. The number of hydrogen-bond acceptors (Lipinski definition) is 4. The number of nitrogens with one attached hydrogen (secondary N) is 2. The first-order valence-electron chi connectivity index (χ1n) is 7.97. The highest BCUT2D eigenvalue weighted by molar-refractivity contribution is 5.85. The van der Waals surface area contributed by atoms with E-state index in [0.29, 0.717) is 30.7 Å². The van der Waals surface area contributed by atoms with Crippen LogP contribution in [-0.4, -0.2) is 47.8 Å². The lowest BCUT2D eigenvalue weighted by molar-refractivity contribution is -0.122. The Morgan fingerprint density at radius 3 is 2.85 bits per heavy atom. The number of aromatic nitrogens is 2. The van der Waals surface area contributed by atoms with E-state index in [1.807, 2.05) is 0 Å². The molecular formula is C16H22Cl2F2N4O2. The predicted molar refractivity (Wildman–Crippen MR) is 99.4 cm³/mol. The molecular weight excluding hydrogens is 389 g/mol. The summed E-state index contributed by atoms with van der Waals surface area (Å²) >= 11 is 0. The van der Waals surface area contributed by atoms with Gasteiger partial charge in [-0.25, -0.2) is 4.98 Å². The Hall–Kier alpha value is -1.48. The van der Waals surface area contributed by atoms with E-state index in [4.69, 9.17) is 4.74 Å². The van der Waals surface area contributed by atoms with Crippen LogP contribution in [0.15, 0.2) is 24.3 Å². The van der Waals surface area contributed by atoms with Gasteiger partial charge in [0.15, 0.2) is 0 Å². The van der Waals surface area contributed by atoms with Crippen LogP contribution in [-0.2, 0) is 16.0 Å². The molecule has 0 saturated carbocycles. The first kappa shape index (κ1) is 22.6. The van der Waals surface area contributed by atoms with Crippen LogP contribution in [0.2, 0.25) is 0 Å². The summed E-state index contributed by atoms with van der Waals surface area (Å²) in [4.78, 5) is 16.2. The summed E-state index contributed by atoms with van der Waals surface area (Å²) in [5.41, 5.74) is 0.931. The van der Waals surface area contributed by atoms with Crippen molar-refractivity contribution >= 4 is 41.8 Å². The minimum absolute atomic E-state index is 0. The van der Waals surface area contributed by atoms with E-state index in [1.165, 1.54) is 0 Å². The van der Waals surface area contributed by atoms with Gasteiger partial charge in [-0.3, -0.25) is 9.36 Å². The van der Waals surface area contributed by atoms with Gasteiger partial charge in [0.1, 0.15) is 5.82 Å². The number of amides is 1. The minimum Gasteiger partial charge on any atom is -0.378 e. The van der Waals surface area contributed by atoms with E-state index in [1.54, 1.807) is 24.3 Å². The molecule has 26 heavy (non-hydrogen) atoms. The molecule has 3 rings (SSSR count). The maximum absolute atomic E-state index is 13.3. The van der Waals surface area contributed by atoms with Gasteiger partial charge < -0.3 is 15.4 Å². The molecule has 1 atom stereocenters. The number of ether oxygens (including phenoxy) is 1.